The number of amides is 2. The molecule has 0 unspecified atom stereocenters. The van der Waals surface area contributed by atoms with Crippen molar-refractivity contribution in [3.05, 3.63) is 52.3 Å². The molecule has 9 nitrogen and oxygen atoms in total. The summed E-state index contributed by atoms with van der Waals surface area (Å²) in [5.74, 6) is -0.762. The Bertz CT molecular complexity index is 839. The lowest BCUT2D eigenvalue weighted by atomic mass is 10.1. The molecule has 2 rings (SSSR count). The second kappa shape index (κ2) is 8.56. The van der Waals surface area contributed by atoms with Crippen LogP contribution in [0.15, 0.2) is 45.9 Å². The van der Waals surface area contributed by atoms with E-state index in [9.17, 15) is 19.7 Å². The average molecular weight is 358 g/mol. The molecule has 1 aromatic heterocycles. The highest BCUT2D eigenvalue weighted by Gasteiger charge is 2.18. The Morgan fingerprint density at radius 3 is 2.65 bits per heavy atom. The molecule has 0 saturated heterocycles. The summed E-state index contributed by atoms with van der Waals surface area (Å²) in [6.45, 7) is 4.40. The Morgan fingerprint density at radius 1 is 1.27 bits per heavy atom. The number of benzene rings is 1. The third-order valence-electron chi connectivity index (χ3n) is 3.57. The summed E-state index contributed by atoms with van der Waals surface area (Å²) in [6, 6.07) is 9.24. The number of nitrogens with zero attached hydrogens (tertiary/aromatic N) is 3. The summed E-state index contributed by atoms with van der Waals surface area (Å²) in [4.78, 5) is 35.2. The molecule has 9 heteroatoms. The van der Waals surface area contributed by atoms with Gasteiger partial charge in [0, 0.05) is 30.8 Å². The van der Waals surface area contributed by atoms with Gasteiger partial charge in [0.1, 0.15) is 11.5 Å². The van der Waals surface area contributed by atoms with Gasteiger partial charge < -0.3 is 9.32 Å². The fourth-order valence-corrected chi connectivity index (χ4v) is 2.21. The van der Waals surface area contributed by atoms with Crippen LogP contribution in [-0.2, 0) is 9.59 Å². The fourth-order valence-electron chi connectivity index (χ4n) is 2.21. The zero-order valence-electron chi connectivity index (χ0n) is 14.3. The van der Waals surface area contributed by atoms with Gasteiger partial charge in [0.05, 0.1) is 11.1 Å². The van der Waals surface area contributed by atoms with E-state index in [4.69, 9.17) is 4.42 Å². The van der Waals surface area contributed by atoms with Crippen LogP contribution in [0, 0.1) is 10.1 Å². The topological polar surface area (TPSA) is 118 Å². The van der Waals surface area contributed by atoms with E-state index < -0.39 is 16.7 Å². The zero-order valence-corrected chi connectivity index (χ0v) is 14.3. The van der Waals surface area contributed by atoms with E-state index in [1.165, 1.54) is 23.2 Å². The number of carbonyl (C=O) groups is 2. The zero-order chi connectivity index (χ0) is 19.1. The summed E-state index contributed by atoms with van der Waals surface area (Å²) in [7, 11) is 0. The van der Waals surface area contributed by atoms with E-state index in [1.807, 2.05) is 0 Å². The fraction of sp³-hybridized carbons (Fsp3) is 0.235. The molecule has 0 aliphatic heterocycles. The van der Waals surface area contributed by atoms with Crippen LogP contribution < -0.4 is 5.43 Å². The SMILES string of the molecule is CCN(CC)C(=O)C(=O)N/N=C\c1ccc(-c2cccc([N+](=O)[O-])c2)o1. The molecule has 1 heterocycles. The van der Waals surface area contributed by atoms with Crippen LogP contribution in [-0.4, -0.2) is 40.9 Å². The lowest BCUT2D eigenvalue weighted by molar-refractivity contribution is -0.384. The Hall–Kier alpha value is -3.49. The van der Waals surface area contributed by atoms with E-state index in [2.05, 4.69) is 10.5 Å². The maximum absolute atomic E-state index is 11.8. The molecule has 0 spiro atoms. The van der Waals surface area contributed by atoms with E-state index in [0.717, 1.165) is 0 Å². The van der Waals surface area contributed by atoms with Crippen molar-refractivity contribution in [1.82, 2.24) is 10.3 Å². The molecule has 0 aliphatic carbocycles. The summed E-state index contributed by atoms with van der Waals surface area (Å²) >= 11 is 0. The van der Waals surface area contributed by atoms with Crippen LogP contribution in [0.5, 0.6) is 0 Å². The molecular formula is C17H18N4O5. The van der Waals surface area contributed by atoms with Gasteiger partial charge in [-0.15, -0.1) is 0 Å². The van der Waals surface area contributed by atoms with E-state index in [0.29, 0.717) is 30.2 Å². The number of non-ortho nitro benzene ring substituents is 1. The molecular weight excluding hydrogens is 340 g/mol. The van der Waals surface area contributed by atoms with Gasteiger partial charge in [0.25, 0.3) is 5.69 Å². The summed E-state index contributed by atoms with van der Waals surface area (Å²) in [6.07, 6.45) is 1.24. The van der Waals surface area contributed by atoms with Gasteiger partial charge in [-0.3, -0.25) is 19.7 Å². The van der Waals surface area contributed by atoms with Crippen LogP contribution in [0.3, 0.4) is 0 Å². The second-order valence-corrected chi connectivity index (χ2v) is 5.19. The predicted molar refractivity (Wildman–Crippen MR) is 94.5 cm³/mol. The maximum Gasteiger partial charge on any atom is 0.329 e. The molecule has 2 aromatic rings. The first-order valence-electron chi connectivity index (χ1n) is 7.93. The molecule has 2 amide bonds. The highest BCUT2D eigenvalue weighted by Crippen LogP contribution is 2.25. The molecule has 0 aliphatic rings. The molecule has 0 atom stereocenters. The van der Waals surface area contributed by atoms with E-state index in [-0.39, 0.29) is 5.69 Å². The number of nitrogens with one attached hydrogen (secondary N) is 1. The lowest BCUT2D eigenvalue weighted by Crippen LogP contribution is -2.41. The number of likely N-dealkylation sites (N-methyl/N-ethyl adjacent to an activating group) is 1. The van der Waals surface area contributed by atoms with Crippen LogP contribution in [0.4, 0.5) is 5.69 Å². The third-order valence-corrected chi connectivity index (χ3v) is 3.57. The quantitative estimate of drug-likeness (QED) is 0.367. The van der Waals surface area contributed by atoms with Crippen molar-refractivity contribution in [1.29, 1.82) is 0 Å². The van der Waals surface area contributed by atoms with Crippen LogP contribution in [0.25, 0.3) is 11.3 Å². The average Bonchev–Trinajstić information content (AvgIpc) is 3.11. The largest absolute Gasteiger partial charge is 0.455 e. The minimum atomic E-state index is -0.838. The van der Waals surface area contributed by atoms with E-state index in [1.54, 1.807) is 38.1 Å². The first-order valence-corrected chi connectivity index (χ1v) is 7.93. The molecule has 1 N–H and O–H groups in total. The molecule has 0 fully saturated rings. The number of furan rings is 1. The third kappa shape index (κ3) is 4.53. The van der Waals surface area contributed by atoms with Crippen LogP contribution in [0.1, 0.15) is 19.6 Å². The van der Waals surface area contributed by atoms with Crippen LogP contribution in [0.2, 0.25) is 0 Å². The summed E-state index contributed by atoms with van der Waals surface area (Å²) in [5, 5.41) is 14.5. The monoisotopic (exact) mass is 358 g/mol. The van der Waals surface area contributed by atoms with Crippen molar-refractivity contribution < 1.29 is 18.9 Å². The normalized spacial score (nSPS) is 10.7. The molecule has 136 valence electrons. The van der Waals surface area contributed by atoms with Crippen molar-refractivity contribution in [2.24, 2.45) is 5.10 Å². The number of nitro groups is 1. The molecule has 0 saturated carbocycles. The standard InChI is InChI=1S/C17H18N4O5/c1-3-20(4-2)17(23)16(22)19-18-11-14-8-9-15(26-14)12-6-5-7-13(10-12)21(24)25/h5-11H,3-4H2,1-2H3,(H,19,22)/b18-11-. The Morgan fingerprint density at radius 2 is 2.00 bits per heavy atom. The second-order valence-electron chi connectivity index (χ2n) is 5.19. The number of hydrogen-bond acceptors (Lipinski definition) is 6. The van der Waals surface area contributed by atoms with Crippen molar-refractivity contribution in [3.63, 3.8) is 0 Å². The smallest absolute Gasteiger partial charge is 0.329 e. The number of rotatable bonds is 6. The maximum atomic E-state index is 11.8. The first-order chi connectivity index (χ1) is 12.5. The number of nitro benzene ring substituents is 1. The highest BCUT2D eigenvalue weighted by atomic mass is 16.6. The van der Waals surface area contributed by atoms with Crippen molar-refractivity contribution in [2.45, 2.75) is 13.8 Å². The summed E-state index contributed by atoms with van der Waals surface area (Å²) < 4.78 is 5.52. The van der Waals surface area contributed by atoms with Crippen molar-refractivity contribution in [2.75, 3.05) is 13.1 Å². The van der Waals surface area contributed by atoms with Gasteiger partial charge in [-0.25, -0.2) is 5.43 Å². The highest BCUT2D eigenvalue weighted by molar-refractivity contribution is 6.34. The molecule has 26 heavy (non-hydrogen) atoms. The lowest BCUT2D eigenvalue weighted by Gasteiger charge is -2.16. The van der Waals surface area contributed by atoms with Gasteiger partial charge >= 0.3 is 11.8 Å². The van der Waals surface area contributed by atoms with Crippen molar-refractivity contribution in [3.8, 4) is 11.3 Å². The number of carbonyl (C=O) groups excluding carboxylic acids is 2. The van der Waals surface area contributed by atoms with Crippen molar-refractivity contribution >= 4 is 23.7 Å². The minimum absolute atomic E-state index is 0.0451. The minimum Gasteiger partial charge on any atom is -0.455 e. The van der Waals surface area contributed by atoms with Gasteiger partial charge in [0.15, 0.2) is 0 Å². The number of hydrogen-bond donors (Lipinski definition) is 1. The van der Waals surface area contributed by atoms with Gasteiger partial charge in [0.2, 0.25) is 0 Å². The molecule has 1 aromatic carbocycles. The van der Waals surface area contributed by atoms with Gasteiger partial charge in [-0.05, 0) is 26.0 Å². The Balaban J connectivity index is 2.03. The number of hydrazone groups is 1. The van der Waals surface area contributed by atoms with E-state index >= 15 is 0 Å². The van der Waals surface area contributed by atoms with Gasteiger partial charge in [-0.2, -0.15) is 5.10 Å². The molecule has 0 bridgehead atoms. The Kier molecular flexibility index (Phi) is 6.20. The predicted octanol–water partition coefficient (Wildman–Crippen LogP) is 2.17. The summed E-state index contributed by atoms with van der Waals surface area (Å²) in [5.41, 5.74) is 2.64. The van der Waals surface area contributed by atoms with Gasteiger partial charge in [-0.1, -0.05) is 12.1 Å². The first kappa shape index (κ1) is 18.8. The van der Waals surface area contributed by atoms with Crippen LogP contribution >= 0.6 is 0 Å². The molecule has 0 radical (unpaired) electrons. The Labute approximate surface area is 149 Å².